The van der Waals surface area contributed by atoms with Crippen LogP contribution < -0.4 is 5.32 Å². The van der Waals surface area contributed by atoms with Gasteiger partial charge in [0.15, 0.2) is 0 Å². The fraction of sp³-hybridized carbons (Fsp3) is 0.278. The van der Waals surface area contributed by atoms with Gasteiger partial charge in [-0.05, 0) is 36.1 Å². The Hall–Kier alpha value is -2.29. The summed E-state index contributed by atoms with van der Waals surface area (Å²) < 4.78 is 0. The van der Waals surface area contributed by atoms with Crippen LogP contribution in [0.2, 0.25) is 0 Å². The zero-order chi connectivity index (χ0) is 14.7. The van der Waals surface area contributed by atoms with E-state index in [2.05, 4.69) is 17.4 Å². The lowest BCUT2D eigenvalue weighted by Crippen LogP contribution is -2.42. The van der Waals surface area contributed by atoms with Crippen LogP contribution in [0.1, 0.15) is 30.4 Å². The Morgan fingerprint density at radius 3 is 2.24 bits per heavy atom. The maximum atomic E-state index is 11.5. The molecule has 1 aliphatic rings. The Kier molecular flexibility index (Phi) is 3.65. The molecule has 0 aromatic heterocycles. The van der Waals surface area contributed by atoms with Gasteiger partial charge in [-0.1, -0.05) is 48.9 Å². The molecule has 3 rings (SSSR count). The van der Waals surface area contributed by atoms with Crippen LogP contribution in [-0.4, -0.2) is 11.1 Å². The Morgan fingerprint density at radius 1 is 1.05 bits per heavy atom. The predicted octanol–water partition coefficient (Wildman–Crippen LogP) is 3.81. The fourth-order valence-electron chi connectivity index (χ4n) is 2.86. The van der Waals surface area contributed by atoms with Crippen LogP contribution in [-0.2, 0) is 16.8 Å². The highest BCUT2D eigenvalue weighted by Crippen LogP contribution is 2.44. The molecule has 1 aliphatic carbocycles. The average Bonchev–Trinajstić information content (AvgIpc) is 2.46. The van der Waals surface area contributed by atoms with Gasteiger partial charge in [0.05, 0.1) is 5.41 Å². The van der Waals surface area contributed by atoms with Gasteiger partial charge in [-0.25, -0.2) is 0 Å². The summed E-state index contributed by atoms with van der Waals surface area (Å²) in [4.78, 5) is 11.5. The van der Waals surface area contributed by atoms with Gasteiger partial charge in [0, 0.05) is 12.2 Å². The van der Waals surface area contributed by atoms with Gasteiger partial charge < -0.3 is 10.4 Å². The SMILES string of the molecule is O=C(O)C1(c2ccc(NCc3ccccc3)cc2)CCC1. The van der Waals surface area contributed by atoms with Gasteiger partial charge in [0.2, 0.25) is 0 Å². The van der Waals surface area contributed by atoms with Crippen molar-refractivity contribution in [3.63, 3.8) is 0 Å². The van der Waals surface area contributed by atoms with Crippen LogP contribution >= 0.6 is 0 Å². The van der Waals surface area contributed by atoms with Crippen LogP contribution in [0.3, 0.4) is 0 Å². The molecular weight excluding hydrogens is 262 g/mol. The summed E-state index contributed by atoms with van der Waals surface area (Å²) in [6, 6.07) is 18.0. The fourth-order valence-corrected chi connectivity index (χ4v) is 2.86. The number of nitrogens with one attached hydrogen (secondary N) is 1. The Labute approximate surface area is 124 Å². The number of hydrogen-bond donors (Lipinski definition) is 2. The average molecular weight is 281 g/mol. The van der Waals surface area contributed by atoms with E-state index in [-0.39, 0.29) is 0 Å². The molecule has 1 saturated carbocycles. The van der Waals surface area contributed by atoms with Gasteiger partial charge in [-0.3, -0.25) is 4.79 Å². The smallest absolute Gasteiger partial charge is 0.314 e. The van der Waals surface area contributed by atoms with Crippen molar-refractivity contribution in [2.45, 2.75) is 31.2 Å². The quantitative estimate of drug-likeness (QED) is 0.876. The molecule has 21 heavy (non-hydrogen) atoms. The third-order valence-corrected chi connectivity index (χ3v) is 4.39. The topological polar surface area (TPSA) is 49.3 Å². The first kappa shape index (κ1) is 13.7. The van der Waals surface area contributed by atoms with E-state index < -0.39 is 11.4 Å². The van der Waals surface area contributed by atoms with Crippen molar-refractivity contribution in [3.8, 4) is 0 Å². The summed E-state index contributed by atoms with van der Waals surface area (Å²) in [5, 5.41) is 12.8. The van der Waals surface area contributed by atoms with Crippen molar-refractivity contribution in [1.29, 1.82) is 0 Å². The second-order valence-corrected chi connectivity index (χ2v) is 5.66. The molecule has 108 valence electrons. The minimum absolute atomic E-state index is 0.641. The second kappa shape index (κ2) is 5.60. The maximum absolute atomic E-state index is 11.5. The molecule has 0 unspecified atom stereocenters. The highest BCUT2D eigenvalue weighted by molar-refractivity contribution is 5.82. The van der Waals surface area contributed by atoms with Crippen molar-refractivity contribution in [3.05, 3.63) is 65.7 Å². The van der Waals surface area contributed by atoms with Crippen molar-refractivity contribution >= 4 is 11.7 Å². The summed E-state index contributed by atoms with van der Waals surface area (Å²) in [6.07, 6.45) is 2.50. The first-order valence-electron chi connectivity index (χ1n) is 7.32. The summed E-state index contributed by atoms with van der Waals surface area (Å²) in [7, 11) is 0. The molecule has 3 nitrogen and oxygen atoms in total. The molecule has 0 radical (unpaired) electrons. The van der Waals surface area contributed by atoms with E-state index in [1.807, 2.05) is 42.5 Å². The van der Waals surface area contributed by atoms with Gasteiger partial charge >= 0.3 is 5.97 Å². The van der Waals surface area contributed by atoms with E-state index in [0.29, 0.717) is 0 Å². The lowest BCUT2D eigenvalue weighted by Gasteiger charge is -2.38. The molecule has 3 heteroatoms. The zero-order valence-electron chi connectivity index (χ0n) is 11.9. The highest BCUT2D eigenvalue weighted by Gasteiger charge is 2.45. The minimum Gasteiger partial charge on any atom is -0.481 e. The first-order chi connectivity index (χ1) is 10.2. The molecular formula is C18H19NO2. The molecule has 0 aliphatic heterocycles. The maximum Gasteiger partial charge on any atom is 0.314 e. The van der Waals surface area contributed by atoms with E-state index in [9.17, 15) is 9.90 Å². The third-order valence-electron chi connectivity index (χ3n) is 4.39. The van der Waals surface area contributed by atoms with Gasteiger partial charge in [0.25, 0.3) is 0 Å². The van der Waals surface area contributed by atoms with Crippen LogP contribution in [0, 0.1) is 0 Å². The molecule has 0 spiro atoms. The van der Waals surface area contributed by atoms with Crippen LogP contribution in [0.5, 0.6) is 0 Å². The molecule has 1 fully saturated rings. The third kappa shape index (κ3) is 2.64. The molecule has 0 bridgehead atoms. The van der Waals surface area contributed by atoms with Crippen LogP contribution in [0.4, 0.5) is 5.69 Å². The molecule has 0 amide bonds. The van der Waals surface area contributed by atoms with Crippen LogP contribution in [0.25, 0.3) is 0 Å². The number of hydrogen-bond acceptors (Lipinski definition) is 2. The summed E-state index contributed by atoms with van der Waals surface area (Å²) in [6.45, 7) is 0.768. The summed E-state index contributed by atoms with van der Waals surface area (Å²) >= 11 is 0. The van der Waals surface area contributed by atoms with Gasteiger partial charge in [-0.2, -0.15) is 0 Å². The Morgan fingerprint density at radius 2 is 1.71 bits per heavy atom. The Bertz CT molecular complexity index is 615. The molecule has 2 aromatic carbocycles. The van der Waals surface area contributed by atoms with Gasteiger partial charge in [-0.15, -0.1) is 0 Å². The van der Waals surface area contributed by atoms with E-state index in [1.165, 1.54) is 5.56 Å². The molecule has 0 atom stereocenters. The largest absolute Gasteiger partial charge is 0.481 e. The zero-order valence-corrected chi connectivity index (χ0v) is 11.9. The van der Waals surface area contributed by atoms with Gasteiger partial charge in [0.1, 0.15) is 0 Å². The van der Waals surface area contributed by atoms with E-state index in [4.69, 9.17) is 0 Å². The van der Waals surface area contributed by atoms with E-state index in [0.717, 1.165) is 37.1 Å². The molecule has 0 heterocycles. The molecule has 0 saturated heterocycles. The number of carbonyl (C=O) groups is 1. The molecule has 2 N–H and O–H groups in total. The van der Waals surface area contributed by atoms with E-state index in [1.54, 1.807) is 0 Å². The lowest BCUT2D eigenvalue weighted by molar-refractivity contribution is -0.147. The number of benzene rings is 2. The first-order valence-corrected chi connectivity index (χ1v) is 7.32. The number of anilines is 1. The number of carboxylic acids is 1. The normalized spacial score (nSPS) is 16.0. The lowest BCUT2D eigenvalue weighted by atomic mass is 9.64. The number of rotatable bonds is 5. The summed E-state index contributed by atoms with van der Waals surface area (Å²) in [5.41, 5.74) is 2.52. The van der Waals surface area contributed by atoms with Crippen molar-refractivity contribution in [2.75, 3.05) is 5.32 Å². The van der Waals surface area contributed by atoms with Crippen molar-refractivity contribution in [2.24, 2.45) is 0 Å². The standard InChI is InChI=1S/C18H19NO2/c20-17(21)18(11-4-12-18)15-7-9-16(10-8-15)19-13-14-5-2-1-3-6-14/h1-3,5-10,19H,4,11-13H2,(H,20,21). The number of carboxylic acid groups (broad SMARTS) is 1. The highest BCUT2D eigenvalue weighted by atomic mass is 16.4. The minimum atomic E-state index is -0.696. The number of aliphatic carboxylic acids is 1. The van der Waals surface area contributed by atoms with E-state index >= 15 is 0 Å². The molecule has 2 aromatic rings. The summed E-state index contributed by atoms with van der Waals surface area (Å²) in [5.74, 6) is -0.696. The second-order valence-electron chi connectivity index (χ2n) is 5.66. The monoisotopic (exact) mass is 281 g/mol. The van der Waals surface area contributed by atoms with Crippen LogP contribution in [0.15, 0.2) is 54.6 Å². The predicted molar refractivity (Wildman–Crippen MR) is 83.4 cm³/mol. The van der Waals surface area contributed by atoms with Crippen molar-refractivity contribution in [1.82, 2.24) is 0 Å². The Balaban J connectivity index is 1.68. The van der Waals surface area contributed by atoms with Crippen molar-refractivity contribution < 1.29 is 9.90 Å².